The molecule has 0 aromatic carbocycles. The second-order valence-electron chi connectivity index (χ2n) is 5.53. The molecule has 0 aliphatic heterocycles. The Kier molecular flexibility index (Phi) is 4.29. The van der Waals surface area contributed by atoms with Gasteiger partial charge in [-0.3, -0.25) is 9.78 Å². The zero-order valence-electron chi connectivity index (χ0n) is 12.2. The van der Waals surface area contributed by atoms with Gasteiger partial charge in [0.15, 0.2) is 0 Å². The van der Waals surface area contributed by atoms with Gasteiger partial charge in [-0.05, 0) is 43.4 Å². The molecule has 0 saturated carbocycles. The number of hydrogen-bond donors (Lipinski definition) is 0. The second kappa shape index (κ2) is 6.35. The molecule has 2 aromatic heterocycles. The maximum Gasteiger partial charge on any atom is 0.225 e. The van der Waals surface area contributed by atoms with Crippen LogP contribution in [0.2, 0.25) is 0 Å². The van der Waals surface area contributed by atoms with Crippen LogP contribution in [0.5, 0.6) is 0 Å². The molecule has 1 aliphatic rings. The first-order valence-corrected chi connectivity index (χ1v) is 8.17. The Morgan fingerprint density at radius 3 is 3.05 bits per heavy atom. The molecule has 0 radical (unpaired) electrons. The molecule has 0 bridgehead atoms. The lowest BCUT2D eigenvalue weighted by Gasteiger charge is -2.26. The van der Waals surface area contributed by atoms with Crippen LogP contribution in [-0.2, 0) is 24.1 Å². The molecular weight excluding hydrogens is 282 g/mol. The van der Waals surface area contributed by atoms with Crippen molar-refractivity contribution in [3.63, 3.8) is 0 Å². The normalized spacial score (nSPS) is 17.3. The summed E-state index contributed by atoms with van der Waals surface area (Å²) in [5.74, 6) is 0.392. The van der Waals surface area contributed by atoms with Gasteiger partial charge >= 0.3 is 0 Å². The van der Waals surface area contributed by atoms with Gasteiger partial charge in [0, 0.05) is 36.8 Å². The Hall–Kier alpha value is -1.75. The molecule has 4 nitrogen and oxygen atoms in total. The van der Waals surface area contributed by atoms with E-state index in [1.165, 1.54) is 16.1 Å². The van der Waals surface area contributed by atoms with E-state index in [0.29, 0.717) is 0 Å². The van der Waals surface area contributed by atoms with Crippen molar-refractivity contribution >= 4 is 17.2 Å². The zero-order valence-corrected chi connectivity index (χ0v) is 13.0. The molecule has 1 unspecified atom stereocenters. The molecule has 2 aromatic rings. The highest BCUT2D eigenvalue weighted by molar-refractivity contribution is 7.09. The van der Waals surface area contributed by atoms with Gasteiger partial charge in [0.1, 0.15) is 0 Å². The first kappa shape index (κ1) is 14.2. The van der Waals surface area contributed by atoms with Crippen LogP contribution in [0.4, 0.5) is 0 Å². The van der Waals surface area contributed by atoms with E-state index in [9.17, 15) is 4.79 Å². The lowest BCUT2D eigenvalue weighted by molar-refractivity contribution is -0.134. The van der Waals surface area contributed by atoms with Crippen LogP contribution in [0, 0.1) is 5.92 Å². The van der Waals surface area contributed by atoms with Crippen LogP contribution in [0.3, 0.4) is 0 Å². The lowest BCUT2D eigenvalue weighted by Crippen LogP contribution is -2.36. The fraction of sp³-hybridized carbons (Fsp3) is 0.438. The molecule has 21 heavy (non-hydrogen) atoms. The van der Waals surface area contributed by atoms with Crippen LogP contribution in [0.15, 0.2) is 30.0 Å². The van der Waals surface area contributed by atoms with E-state index >= 15 is 0 Å². The summed E-state index contributed by atoms with van der Waals surface area (Å²) in [6.45, 7) is 0.759. The number of carbonyl (C=O) groups excluding carboxylic acids is 1. The van der Waals surface area contributed by atoms with Crippen molar-refractivity contribution in [3.05, 3.63) is 46.2 Å². The molecule has 2 heterocycles. The number of pyridine rings is 1. The van der Waals surface area contributed by atoms with Gasteiger partial charge in [0.2, 0.25) is 5.91 Å². The van der Waals surface area contributed by atoms with Crippen LogP contribution in [0.25, 0.3) is 0 Å². The number of hydrogen-bond acceptors (Lipinski definition) is 4. The van der Waals surface area contributed by atoms with Crippen LogP contribution in [0.1, 0.15) is 22.6 Å². The van der Waals surface area contributed by atoms with Crippen molar-refractivity contribution in [2.24, 2.45) is 5.92 Å². The smallest absolute Gasteiger partial charge is 0.225 e. The van der Waals surface area contributed by atoms with E-state index < -0.39 is 0 Å². The predicted molar refractivity (Wildman–Crippen MR) is 83.2 cm³/mol. The third-order valence-corrected chi connectivity index (χ3v) is 5.00. The van der Waals surface area contributed by atoms with Gasteiger partial charge in [-0.15, -0.1) is 11.3 Å². The van der Waals surface area contributed by atoms with E-state index in [2.05, 4.69) is 9.97 Å². The molecular formula is C16H19N3OS. The number of aromatic nitrogens is 2. The predicted octanol–water partition coefficient (Wildman–Crippen LogP) is 2.34. The molecule has 0 fully saturated rings. The van der Waals surface area contributed by atoms with Crippen molar-refractivity contribution in [2.75, 3.05) is 13.6 Å². The fourth-order valence-electron chi connectivity index (χ4n) is 2.78. The summed E-state index contributed by atoms with van der Waals surface area (Å²) < 4.78 is 0. The second-order valence-corrected chi connectivity index (χ2v) is 6.47. The van der Waals surface area contributed by atoms with Crippen LogP contribution < -0.4 is 0 Å². The molecule has 0 saturated heterocycles. The minimum atomic E-state index is 0.125. The number of aryl methyl sites for hydroxylation is 1. The highest BCUT2D eigenvalue weighted by atomic mass is 32.1. The Balaban J connectivity index is 1.55. The van der Waals surface area contributed by atoms with E-state index in [-0.39, 0.29) is 11.8 Å². The monoisotopic (exact) mass is 301 g/mol. The molecule has 0 N–H and O–H groups in total. The molecule has 1 atom stereocenters. The van der Waals surface area contributed by atoms with Gasteiger partial charge in [-0.2, -0.15) is 0 Å². The number of carbonyl (C=O) groups is 1. The number of rotatable bonds is 4. The van der Waals surface area contributed by atoms with Crippen molar-refractivity contribution in [1.82, 2.24) is 14.9 Å². The Bertz CT molecular complexity index is 611. The summed E-state index contributed by atoms with van der Waals surface area (Å²) in [6.07, 6.45) is 7.19. The van der Waals surface area contributed by atoms with Gasteiger partial charge in [-0.25, -0.2) is 4.98 Å². The minimum absolute atomic E-state index is 0.125. The highest BCUT2D eigenvalue weighted by Crippen LogP contribution is 2.28. The van der Waals surface area contributed by atoms with E-state index in [4.69, 9.17) is 0 Å². The topological polar surface area (TPSA) is 46.1 Å². The Morgan fingerprint density at radius 2 is 2.24 bits per heavy atom. The number of likely N-dealkylation sites (N-methyl/N-ethyl adjacent to an activating group) is 1. The maximum atomic E-state index is 12.5. The molecule has 1 aliphatic carbocycles. The van der Waals surface area contributed by atoms with Gasteiger partial charge in [0.05, 0.1) is 11.2 Å². The molecule has 1 amide bonds. The summed E-state index contributed by atoms with van der Waals surface area (Å²) in [5, 5.41) is 0. The van der Waals surface area contributed by atoms with Crippen LogP contribution in [-0.4, -0.2) is 34.4 Å². The SMILES string of the molecule is CN(CCc1ccncc1)C(=O)C1CCc2ncsc2C1. The van der Waals surface area contributed by atoms with Crippen LogP contribution >= 0.6 is 11.3 Å². The number of fused-ring (bicyclic) bond motifs is 1. The van der Waals surface area contributed by atoms with Gasteiger partial charge in [0.25, 0.3) is 0 Å². The summed E-state index contributed by atoms with van der Waals surface area (Å²) in [7, 11) is 1.91. The first-order valence-electron chi connectivity index (χ1n) is 7.29. The number of amides is 1. The Morgan fingerprint density at radius 1 is 1.43 bits per heavy atom. The fourth-order valence-corrected chi connectivity index (χ4v) is 3.67. The first-order chi connectivity index (χ1) is 10.2. The van der Waals surface area contributed by atoms with E-state index in [0.717, 1.165) is 32.2 Å². The zero-order chi connectivity index (χ0) is 14.7. The lowest BCUT2D eigenvalue weighted by atomic mass is 9.90. The van der Waals surface area contributed by atoms with E-state index in [1.54, 1.807) is 23.7 Å². The summed E-state index contributed by atoms with van der Waals surface area (Å²) in [6, 6.07) is 4.01. The van der Waals surface area contributed by atoms with Crippen molar-refractivity contribution < 1.29 is 4.79 Å². The van der Waals surface area contributed by atoms with Crippen molar-refractivity contribution in [2.45, 2.75) is 25.7 Å². The largest absolute Gasteiger partial charge is 0.345 e. The number of thiazole rings is 1. The highest BCUT2D eigenvalue weighted by Gasteiger charge is 2.28. The standard InChI is InChI=1S/C16H19N3OS/c1-19(9-6-12-4-7-17-8-5-12)16(20)13-2-3-14-15(10-13)21-11-18-14/h4-5,7-8,11,13H,2-3,6,9-10H2,1H3. The molecule has 5 heteroatoms. The quantitative estimate of drug-likeness (QED) is 0.871. The average Bonchev–Trinajstić information content (AvgIpc) is 3.00. The third-order valence-electron chi connectivity index (χ3n) is 4.10. The average molecular weight is 301 g/mol. The molecule has 3 rings (SSSR count). The third kappa shape index (κ3) is 3.29. The van der Waals surface area contributed by atoms with Gasteiger partial charge < -0.3 is 4.90 Å². The summed E-state index contributed by atoms with van der Waals surface area (Å²) >= 11 is 1.68. The van der Waals surface area contributed by atoms with E-state index in [1.807, 2.05) is 29.6 Å². The Labute approximate surface area is 128 Å². The van der Waals surface area contributed by atoms with Crippen molar-refractivity contribution in [3.8, 4) is 0 Å². The molecule has 0 spiro atoms. The summed E-state index contributed by atoms with van der Waals surface area (Å²) in [4.78, 5) is 24.1. The minimum Gasteiger partial charge on any atom is -0.345 e. The van der Waals surface area contributed by atoms with Gasteiger partial charge in [-0.1, -0.05) is 0 Å². The van der Waals surface area contributed by atoms with Crippen molar-refractivity contribution in [1.29, 1.82) is 0 Å². The molecule has 110 valence electrons. The summed E-state index contributed by atoms with van der Waals surface area (Å²) in [5.41, 5.74) is 4.31. The number of nitrogens with zero attached hydrogens (tertiary/aromatic N) is 3. The maximum absolute atomic E-state index is 12.5.